The summed E-state index contributed by atoms with van der Waals surface area (Å²) in [5.41, 5.74) is 5.26. The zero-order chi connectivity index (χ0) is 8.53. The fraction of sp³-hybridized carbons (Fsp3) is 0.857. The number of nitrogens with two attached hydrogens (primary N) is 1. The Balaban J connectivity index is 2.85. The molecular weight excluding hydrogens is 162 g/mol. The van der Waals surface area contributed by atoms with E-state index in [9.17, 15) is 0 Å². The molecule has 0 heterocycles. The summed E-state index contributed by atoms with van der Waals surface area (Å²) in [6.07, 6.45) is 1.59. The third kappa shape index (κ3) is 9.81. The van der Waals surface area contributed by atoms with Gasteiger partial charge in [-0.2, -0.15) is 0 Å². The Labute approximate surface area is 72.9 Å². The van der Waals surface area contributed by atoms with E-state index >= 15 is 0 Å². The predicted molar refractivity (Wildman–Crippen MR) is 48.7 cm³/mol. The Bertz CT molecular complexity index is 109. The van der Waals surface area contributed by atoms with Crippen molar-refractivity contribution in [3.8, 4) is 0 Å². The summed E-state index contributed by atoms with van der Waals surface area (Å²) in [5, 5.41) is 0. The van der Waals surface area contributed by atoms with Gasteiger partial charge in [0.05, 0.1) is 11.6 Å². The molecule has 0 unspecified atom stereocenters. The molecule has 0 aromatic heterocycles. The summed E-state index contributed by atoms with van der Waals surface area (Å²) < 4.78 is 10.0. The first-order valence-electron chi connectivity index (χ1n) is 3.62. The Morgan fingerprint density at radius 3 is 2.64 bits per heavy atom. The van der Waals surface area contributed by atoms with E-state index in [2.05, 4.69) is 12.2 Å². The fourth-order valence-corrected chi connectivity index (χ4v) is 0.663. The van der Waals surface area contributed by atoms with E-state index in [1.54, 1.807) is 7.11 Å². The van der Waals surface area contributed by atoms with Crippen molar-refractivity contribution in [1.29, 1.82) is 0 Å². The van der Waals surface area contributed by atoms with Gasteiger partial charge in [0.15, 0.2) is 0 Å². The molecule has 4 heteroatoms. The number of methoxy groups -OCH3 is 1. The van der Waals surface area contributed by atoms with Gasteiger partial charge in [0.25, 0.3) is 0 Å². The van der Waals surface area contributed by atoms with Gasteiger partial charge in [-0.05, 0) is 6.42 Å². The monoisotopic (exact) mass is 177 g/mol. The second-order valence-corrected chi connectivity index (χ2v) is 2.70. The maximum atomic E-state index is 5.26. The van der Waals surface area contributed by atoms with E-state index in [-0.39, 0.29) is 0 Å². The number of hydrogen-bond donors (Lipinski definition) is 1. The van der Waals surface area contributed by atoms with Crippen LogP contribution < -0.4 is 5.73 Å². The van der Waals surface area contributed by atoms with Gasteiger partial charge in [0, 0.05) is 26.7 Å². The average molecular weight is 177 g/mol. The maximum absolute atomic E-state index is 5.26. The largest absolute Gasteiger partial charge is 0.393 e. The number of hydrogen-bond acceptors (Lipinski definition) is 3. The predicted octanol–water partition coefficient (Wildman–Crippen LogP) is 0.716. The van der Waals surface area contributed by atoms with E-state index < -0.39 is 0 Å². The molecule has 11 heavy (non-hydrogen) atoms. The summed E-state index contributed by atoms with van der Waals surface area (Å²) in [4.78, 5) is 0.511. The first-order valence-corrected chi connectivity index (χ1v) is 4.03. The third-order valence-electron chi connectivity index (χ3n) is 1.13. The summed E-state index contributed by atoms with van der Waals surface area (Å²) in [6, 6.07) is 0. The van der Waals surface area contributed by atoms with Crippen LogP contribution in [0.15, 0.2) is 0 Å². The van der Waals surface area contributed by atoms with Gasteiger partial charge in [0.2, 0.25) is 0 Å². The molecule has 0 radical (unpaired) electrons. The van der Waals surface area contributed by atoms with Crippen molar-refractivity contribution in [2.45, 2.75) is 12.8 Å². The number of ether oxygens (including phenoxy) is 2. The molecule has 0 bridgehead atoms. The van der Waals surface area contributed by atoms with Crippen molar-refractivity contribution in [1.82, 2.24) is 0 Å². The molecule has 0 atom stereocenters. The van der Waals surface area contributed by atoms with Crippen LogP contribution in [0.1, 0.15) is 12.8 Å². The van der Waals surface area contributed by atoms with Gasteiger partial charge in [0.1, 0.15) is 0 Å². The number of thiocarbonyl (C=S) groups is 1. The lowest BCUT2D eigenvalue weighted by Gasteiger charge is -2.01. The van der Waals surface area contributed by atoms with Gasteiger partial charge in [-0.15, -0.1) is 0 Å². The van der Waals surface area contributed by atoms with Gasteiger partial charge in [-0.3, -0.25) is 0 Å². The molecule has 0 rings (SSSR count). The van der Waals surface area contributed by atoms with Crippen molar-refractivity contribution in [2.75, 3.05) is 26.9 Å². The molecule has 66 valence electrons. The van der Waals surface area contributed by atoms with E-state index in [4.69, 9.17) is 15.2 Å². The fourth-order valence-electron chi connectivity index (χ4n) is 0.580. The Hall–Kier alpha value is -0.190. The molecule has 0 fully saturated rings. The van der Waals surface area contributed by atoms with Gasteiger partial charge in [-0.25, -0.2) is 0 Å². The van der Waals surface area contributed by atoms with E-state index in [0.717, 1.165) is 19.6 Å². The molecule has 0 aliphatic heterocycles. The van der Waals surface area contributed by atoms with Gasteiger partial charge < -0.3 is 15.2 Å². The summed E-state index contributed by atoms with van der Waals surface area (Å²) >= 11 is 4.67. The molecule has 0 saturated heterocycles. The van der Waals surface area contributed by atoms with Crippen molar-refractivity contribution in [3.05, 3.63) is 0 Å². The van der Waals surface area contributed by atoms with E-state index in [0.29, 0.717) is 18.0 Å². The molecule has 3 nitrogen and oxygen atoms in total. The molecule has 0 aliphatic carbocycles. The highest BCUT2D eigenvalue weighted by Gasteiger charge is 1.90. The van der Waals surface area contributed by atoms with Crippen molar-refractivity contribution in [2.24, 2.45) is 5.73 Å². The van der Waals surface area contributed by atoms with Crippen LogP contribution >= 0.6 is 12.2 Å². The van der Waals surface area contributed by atoms with Crippen LogP contribution in [0.4, 0.5) is 0 Å². The highest BCUT2D eigenvalue weighted by atomic mass is 32.1. The molecule has 0 spiro atoms. The summed E-state index contributed by atoms with van der Waals surface area (Å²) in [7, 11) is 1.68. The first-order chi connectivity index (χ1) is 5.27. The lowest BCUT2D eigenvalue weighted by Crippen LogP contribution is -2.11. The molecule has 2 N–H and O–H groups in total. The van der Waals surface area contributed by atoms with Crippen LogP contribution in [0.25, 0.3) is 0 Å². The van der Waals surface area contributed by atoms with Crippen molar-refractivity contribution in [3.63, 3.8) is 0 Å². The van der Waals surface area contributed by atoms with Crippen LogP contribution in [-0.4, -0.2) is 31.9 Å². The van der Waals surface area contributed by atoms with E-state index in [1.165, 1.54) is 0 Å². The molecule has 0 saturated carbocycles. The van der Waals surface area contributed by atoms with E-state index in [1.807, 2.05) is 0 Å². The van der Waals surface area contributed by atoms with Gasteiger partial charge in [-0.1, -0.05) is 12.2 Å². The SMILES string of the molecule is COCCCOCCC(N)=S. The number of rotatable bonds is 7. The topological polar surface area (TPSA) is 44.5 Å². The van der Waals surface area contributed by atoms with Crippen LogP contribution in [0, 0.1) is 0 Å². The standard InChI is InChI=1S/C7H15NO2S/c1-9-4-2-5-10-6-3-7(8)11/h2-6H2,1H3,(H2,8,11). The Morgan fingerprint density at radius 1 is 1.36 bits per heavy atom. The lowest BCUT2D eigenvalue weighted by molar-refractivity contribution is 0.107. The Morgan fingerprint density at radius 2 is 2.09 bits per heavy atom. The maximum Gasteiger partial charge on any atom is 0.0750 e. The summed E-state index contributed by atoms with van der Waals surface area (Å²) in [6.45, 7) is 2.09. The van der Waals surface area contributed by atoms with Crippen LogP contribution in [0.2, 0.25) is 0 Å². The smallest absolute Gasteiger partial charge is 0.0750 e. The van der Waals surface area contributed by atoms with Crippen LogP contribution in [0.5, 0.6) is 0 Å². The van der Waals surface area contributed by atoms with Gasteiger partial charge >= 0.3 is 0 Å². The first kappa shape index (κ1) is 10.8. The quantitative estimate of drug-likeness (QED) is 0.459. The third-order valence-corrected chi connectivity index (χ3v) is 1.33. The normalized spacial score (nSPS) is 9.91. The minimum Gasteiger partial charge on any atom is -0.393 e. The molecular formula is C7H15NO2S. The highest BCUT2D eigenvalue weighted by molar-refractivity contribution is 7.80. The highest BCUT2D eigenvalue weighted by Crippen LogP contribution is 1.86. The molecule has 0 aromatic carbocycles. The minimum absolute atomic E-state index is 0.511. The zero-order valence-electron chi connectivity index (χ0n) is 6.84. The molecule has 0 amide bonds. The second-order valence-electron chi connectivity index (χ2n) is 2.18. The van der Waals surface area contributed by atoms with Crippen molar-refractivity contribution >= 4 is 17.2 Å². The van der Waals surface area contributed by atoms with Crippen LogP contribution in [-0.2, 0) is 9.47 Å². The van der Waals surface area contributed by atoms with Crippen LogP contribution in [0.3, 0.4) is 0 Å². The Kier molecular flexibility index (Phi) is 7.78. The molecule has 0 aromatic rings. The van der Waals surface area contributed by atoms with Crippen molar-refractivity contribution < 1.29 is 9.47 Å². The lowest BCUT2D eigenvalue weighted by atomic mass is 10.4. The second kappa shape index (κ2) is 7.91. The minimum atomic E-state index is 0.511. The zero-order valence-corrected chi connectivity index (χ0v) is 7.65. The summed E-state index contributed by atoms with van der Waals surface area (Å²) in [5.74, 6) is 0. The average Bonchev–Trinajstić information content (AvgIpc) is 1.96. The molecule has 0 aliphatic rings.